The Bertz CT molecular complexity index is 376. The van der Waals surface area contributed by atoms with Gasteiger partial charge in [-0.15, -0.1) is 0 Å². The summed E-state index contributed by atoms with van der Waals surface area (Å²) in [5, 5.41) is 0. The first-order valence-electron chi connectivity index (χ1n) is 8.11. The summed E-state index contributed by atoms with van der Waals surface area (Å²) >= 11 is 4.57. The van der Waals surface area contributed by atoms with E-state index >= 15 is 0 Å². The Morgan fingerprint density at radius 3 is 2.20 bits per heavy atom. The fraction of sp³-hybridized carbons (Fsp3) is 0.667. The van der Waals surface area contributed by atoms with Crippen LogP contribution in [-0.4, -0.2) is 30.3 Å². The van der Waals surface area contributed by atoms with Crippen LogP contribution in [0.25, 0.3) is 0 Å². The standard InChI is InChI=1S/C18H29NS/c1-3-18(4-2)10-12-19(13-11-18)14-17(15-20)16-8-6-5-7-9-16/h5-9,17,20H,3-4,10-15H2,1-2H3. The molecule has 1 aromatic rings. The Balaban J connectivity index is 1.91. The second-order valence-corrected chi connectivity index (χ2v) is 6.66. The average molecular weight is 292 g/mol. The number of piperidine rings is 1. The first-order valence-corrected chi connectivity index (χ1v) is 8.74. The molecule has 0 spiro atoms. The van der Waals surface area contributed by atoms with Crippen LogP contribution in [0.5, 0.6) is 0 Å². The Hall–Kier alpha value is -0.470. The highest BCUT2D eigenvalue weighted by molar-refractivity contribution is 7.80. The van der Waals surface area contributed by atoms with Crippen LogP contribution in [0.3, 0.4) is 0 Å². The van der Waals surface area contributed by atoms with Crippen LogP contribution < -0.4 is 0 Å². The van der Waals surface area contributed by atoms with Gasteiger partial charge >= 0.3 is 0 Å². The topological polar surface area (TPSA) is 3.24 Å². The van der Waals surface area contributed by atoms with E-state index in [0.717, 1.165) is 12.3 Å². The first-order chi connectivity index (χ1) is 9.73. The van der Waals surface area contributed by atoms with Crippen LogP contribution in [0, 0.1) is 5.41 Å². The van der Waals surface area contributed by atoms with Gasteiger partial charge < -0.3 is 4.90 Å². The van der Waals surface area contributed by atoms with Crippen molar-refractivity contribution in [1.82, 2.24) is 4.90 Å². The van der Waals surface area contributed by atoms with Gasteiger partial charge in [0.15, 0.2) is 0 Å². The van der Waals surface area contributed by atoms with Gasteiger partial charge in [0, 0.05) is 12.5 Å². The molecule has 0 N–H and O–H groups in total. The summed E-state index contributed by atoms with van der Waals surface area (Å²) < 4.78 is 0. The number of likely N-dealkylation sites (tertiary alicyclic amines) is 1. The lowest BCUT2D eigenvalue weighted by atomic mass is 9.74. The van der Waals surface area contributed by atoms with E-state index in [4.69, 9.17) is 0 Å². The Labute approximate surface area is 130 Å². The van der Waals surface area contributed by atoms with Gasteiger partial charge in [0.2, 0.25) is 0 Å². The van der Waals surface area contributed by atoms with Crippen molar-refractivity contribution in [2.75, 3.05) is 25.4 Å². The van der Waals surface area contributed by atoms with E-state index < -0.39 is 0 Å². The summed E-state index contributed by atoms with van der Waals surface area (Å²) in [6.07, 6.45) is 5.42. The van der Waals surface area contributed by atoms with E-state index in [1.54, 1.807) is 0 Å². The molecule has 112 valence electrons. The minimum Gasteiger partial charge on any atom is -0.303 e. The predicted molar refractivity (Wildman–Crippen MR) is 91.7 cm³/mol. The molecule has 2 rings (SSSR count). The molecule has 20 heavy (non-hydrogen) atoms. The maximum Gasteiger partial charge on any atom is 0.00581 e. The molecule has 0 aliphatic carbocycles. The number of thiol groups is 1. The zero-order valence-electron chi connectivity index (χ0n) is 13.0. The van der Waals surface area contributed by atoms with Crippen LogP contribution in [0.2, 0.25) is 0 Å². The monoisotopic (exact) mass is 291 g/mol. The molecule has 1 nitrogen and oxygen atoms in total. The smallest absolute Gasteiger partial charge is 0.00581 e. The molecular weight excluding hydrogens is 262 g/mol. The zero-order chi connectivity index (χ0) is 14.4. The van der Waals surface area contributed by atoms with E-state index in [9.17, 15) is 0 Å². The lowest BCUT2D eigenvalue weighted by Gasteiger charge is -2.42. The Kier molecular flexibility index (Phi) is 5.98. The molecule has 1 unspecified atom stereocenters. The highest BCUT2D eigenvalue weighted by Crippen LogP contribution is 2.38. The number of hydrogen-bond donors (Lipinski definition) is 1. The normalized spacial score (nSPS) is 20.8. The van der Waals surface area contributed by atoms with Crippen molar-refractivity contribution in [2.45, 2.75) is 45.4 Å². The SMILES string of the molecule is CCC1(CC)CCN(CC(CS)c2ccccc2)CC1. The third-order valence-corrected chi connectivity index (χ3v) is 5.83. The number of rotatable bonds is 6. The average Bonchev–Trinajstić information content (AvgIpc) is 2.54. The minimum absolute atomic E-state index is 0.565. The van der Waals surface area contributed by atoms with Gasteiger partial charge in [-0.05, 0) is 42.7 Å². The first kappa shape index (κ1) is 15.9. The highest BCUT2D eigenvalue weighted by atomic mass is 32.1. The molecule has 0 amide bonds. The molecule has 0 saturated carbocycles. The van der Waals surface area contributed by atoms with E-state index in [0.29, 0.717) is 11.3 Å². The number of hydrogen-bond acceptors (Lipinski definition) is 2. The van der Waals surface area contributed by atoms with Crippen molar-refractivity contribution in [3.05, 3.63) is 35.9 Å². The van der Waals surface area contributed by atoms with Crippen LogP contribution in [0.1, 0.15) is 51.0 Å². The van der Waals surface area contributed by atoms with Crippen molar-refractivity contribution < 1.29 is 0 Å². The van der Waals surface area contributed by atoms with Crippen molar-refractivity contribution in [3.8, 4) is 0 Å². The third-order valence-electron chi connectivity index (χ3n) is 5.39. The summed E-state index contributed by atoms with van der Waals surface area (Å²) in [7, 11) is 0. The molecule has 1 heterocycles. The predicted octanol–water partition coefficient (Wildman–Crippen LogP) is 4.60. The maximum absolute atomic E-state index is 4.57. The van der Waals surface area contributed by atoms with Gasteiger partial charge in [-0.25, -0.2) is 0 Å². The molecule has 1 aliphatic heterocycles. The van der Waals surface area contributed by atoms with Gasteiger partial charge in [0.25, 0.3) is 0 Å². The molecule has 2 heteroatoms. The summed E-state index contributed by atoms with van der Waals surface area (Å²) in [5.74, 6) is 1.50. The van der Waals surface area contributed by atoms with E-state index in [-0.39, 0.29) is 0 Å². The van der Waals surface area contributed by atoms with Crippen molar-refractivity contribution in [1.29, 1.82) is 0 Å². The molecule has 0 aromatic heterocycles. The molecule has 1 aromatic carbocycles. The Morgan fingerprint density at radius 2 is 1.70 bits per heavy atom. The molecule has 1 atom stereocenters. The molecule has 0 radical (unpaired) electrons. The third kappa shape index (κ3) is 3.79. The van der Waals surface area contributed by atoms with Gasteiger partial charge in [-0.2, -0.15) is 12.6 Å². The van der Waals surface area contributed by atoms with Gasteiger partial charge in [-0.3, -0.25) is 0 Å². The van der Waals surface area contributed by atoms with Crippen molar-refractivity contribution in [3.63, 3.8) is 0 Å². The quantitative estimate of drug-likeness (QED) is 0.750. The molecule has 1 fully saturated rings. The summed E-state index contributed by atoms with van der Waals surface area (Å²) in [6.45, 7) is 8.41. The van der Waals surface area contributed by atoms with E-state index in [1.807, 2.05) is 0 Å². The number of nitrogens with zero attached hydrogens (tertiary/aromatic N) is 1. The second kappa shape index (κ2) is 7.51. The van der Waals surface area contributed by atoms with E-state index in [2.05, 4.69) is 61.7 Å². The molecular formula is C18H29NS. The number of benzene rings is 1. The Morgan fingerprint density at radius 1 is 1.10 bits per heavy atom. The largest absolute Gasteiger partial charge is 0.303 e. The molecule has 1 saturated heterocycles. The van der Waals surface area contributed by atoms with Gasteiger partial charge in [0.05, 0.1) is 0 Å². The fourth-order valence-electron chi connectivity index (χ4n) is 3.47. The fourth-order valence-corrected chi connectivity index (χ4v) is 3.80. The van der Waals surface area contributed by atoms with Gasteiger partial charge in [-0.1, -0.05) is 57.0 Å². The van der Waals surface area contributed by atoms with Crippen molar-refractivity contribution >= 4 is 12.6 Å². The summed E-state index contributed by atoms with van der Waals surface area (Å²) in [6, 6.07) is 10.9. The maximum atomic E-state index is 4.57. The lowest BCUT2D eigenvalue weighted by Crippen LogP contribution is -2.41. The zero-order valence-corrected chi connectivity index (χ0v) is 13.9. The highest BCUT2D eigenvalue weighted by Gasteiger charge is 2.31. The van der Waals surface area contributed by atoms with E-state index in [1.165, 1.54) is 44.3 Å². The summed E-state index contributed by atoms with van der Waals surface area (Å²) in [5.41, 5.74) is 2.06. The second-order valence-electron chi connectivity index (χ2n) is 6.30. The van der Waals surface area contributed by atoms with Gasteiger partial charge in [0.1, 0.15) is 0 Å². The molecule has 1 aliphatic rings. The van der Waals surface area contributed by atoms with Crippen LogP contribution in [-0.2, 0) is 0 Å². The molecule has 0 bridgehead atoms. The summed E-state index contributed by atoms with van der Waals surface area (Å²) in [4.78, 5) is 2.65. The van der Waals surface area contributed by atoms with Crippen LogP contribution >= 0.6 is 12.6 Å². The van der Waals surface area contributed by atoms with Crippen molar-refractivity contribution in [2.24, 2.45) is 5.41 Å². The minimum atomic E-state index is 0.565. The van der Waals surface area contributed by atoms with Crippen LogP contribution in [0.15, 0.2) is 30.3 Å². The van der Waals surface area contributed by atoms with Crippen LogP contribution in [0.4, 0.5) is 0 Å². The lowest BCUT2D eigenvalue weighted by molar-refractivity contribution is 0.0925.